The highest BCUT2D eigenvalue weighted by Gasteiger charge is 2.18. The fourth-order valence-corrected chi connectivity index (χ4v) is 4.59. The van der Waals surface area contributed by atoms with Crippen LogP contribution in [0.5, 0.6) is 0 Å². The molecule has 0 aliphatic carbocycles. The number of para-hydroxylation sites is 2. The van der Waals surface area contributed by atoms with E-state index in [1.165, 1.54) is 11.8 Å². The summed E-state index contributed by atoms with van der Waals surface area (Å²) in [4.78, 5) is 22.4. The highest BCUT2D eigenvalue weighted by atomic mass is 32.2. The fraction of sp³-hybridized carbons (Fsp3) is 0.174. The van der Waals surface area contributed by atoms with Gasteiger partial charge in [0.15, 0.2) is 16.6 Å². The summed E-state index contributed by atoms with van der Waals surface area (Å²) >= 11 is 1.35. The average molecular weight is 427 g/mol. The lowest BCUT2D eigenvalue weighted by Gasteiger charge is -2.05. The molecule has 5 rings (SSSR count). The van der Waals surface area contributed by atoms with Gasteiger partial charge in [-0.15, -0.1) is 5.10 Å². The van der Waals surface area contributed by atoms with E-state index < -0.39 is 0 Å². The second-order valence-electron chi connectivity index (χ2n) is 7.18. The Morgan fingerprint density at radius 3 is 2.71 bits per heavy atom. The summed E-state index contributed by atoms with van der Waals surface area (Å²) in [5.41, 5.74) is 3.19. The maximum atomic E-state index is 13.2. The van der Waals surface area contributed by atoms with Gasteiger partial charge < -0.3 is 4.57 Å². The first kappa shape index (κ1) is 19.3. The van der Waals surface area contributed by atoms with Crippen molar-refractivity contribution >= 4 is 45.0 Å². The van der Waals surface area contributed by atoms with Crippen LogP contribution >= 0.6 is 11.8 Å². The van der Waals surface area contributed by atoms with Crippen molar-refractivity contribution in [2.24, 2.45) is 0 Å². The molecule has 0 bridgehead atoms. The molecule has 0 unspecified atom stereocenters. The molecule has 0 radical (unpaired) electrons. The number of fused-ring (bicyclic) bond motifs is 4. The third-order valence-electron chi connectivity index (χ3n) is 5.14. The normalized spacial score (nSPS) is 11.4. The number of thioether (sulfide) groups is 1. The minimum absolute atomic E-state index is 0.0110. The number of carbonyl (C=O) groups is 1. The van der Waals surface area contributed by atoms with Crippen LogP contribution in [0.4, 0.5) is 0 Å². The summed E-state index contributed by atoms with van der Waals surface area (Å²) < 4.78 is 3.69. The van der Waals surface area contributed by atoms with E-state index in [4.69, 9.17) is 10.2 Å². The van der Waals surface area contributed by atoms with Gasteiger partial charge in [0.2, 0.25) is 0 Å². The van der Waals surface area contributed by atoms with Gasteiger partial charge in [-0.1, -0.05) is 42.1 Å². The van der Waals surface area contributed by atoms with E-state index in [0.717, 1.165) is 27.5 Å². The SMILES string of the molecule is Cc1nc2c3ccccc3nc(SCC(=O)c3cn(CCC#N)c4ccccc34)n2n1. The van der Waals surface area contributed by atoms with E-state index >= 15 is 0 Å². The molecule has 2 aromatic carbocycles. The zero-order chi connectivity index (χ0) is 21.4. The largest absolute Gasteiger partial charge is 0.346 e. The highest BCUT2D eigenvalue weighted by molar-refractivity contribution is 7.99. The molecule has 0 spiro atoms. The number of rotatable bonds is 6. The van der Waals surface area contributed by atoms with E-state index in [-0.39, 0.29) is 11.5 Å². The number of aryl methyl sites for hydroxylation is 2. The van der Waals surface area contributed by atoms with Crippen LogP contribution in [0, 0.1) is 18.3 Å². The van der Waals surface area contributed by atoms with Crippen molar-refractivity contribution in [2.75, 3.05) is 5.75 Å². The maximum absolute atomic E-state index is 13.2. The lowest BCUT2D eigenvalue weighted by Crippen LogP contribution is -2.05. The van der Waals surface area contributed by atoms with Gasteiger partial charge in [0.1, 0.15) is 5.82 Å². The van der Waals surface area contributed by atoms with Crippen LogP contribution in [0.2, 0.25) is 0 Å². The summed E-state index contributed by atoms with van der Waals surface area (Å²) in [6, 6.07) is 17.8. The predicted molar refractivity (Wildman–Crippen MR) is 120 cm³/mol. The summed E-state index contributed by atoms with van der Waals surface area (Å²) in [5.74, 6) is 0.898. The van der Waals surface area contributed by atoms with Gasteiger partial charge in [-0.3, -0.25) is 4.79 Å². The Morgan fingerprint density at radius 2 is 1.87 bits per heavy atom. The zero-order valence-electron chi connectivity index (χ0n) is 16.8. The minimum atomic E-state index is 0.0110. The molecular weight excluding hydrogens is 408 g/mol. The van der Waals surface area contributed by atoms with Gasteiger partial charge in [0.25, 0.3) is 0 Å². The van der Waals surface area contributed by atoms with E-state index in [1.807, 2.05) is 66.2 Å². The number of benzene rings is 2. The Labute approximate surface area is 182 Å². The molecule has 0 N–H and O–H groups in total. The van der Waals surface area contributed by atoms with Gasteiger partial charge in [-0.25, -0.2) is 9.97 Å². The number of nitriles is 1. The van der Waals surface area contributed by atoms with Gasteiger partial charge >= 0.3 is 0 Å². The van der Waals surface area contributed by atoms with Crippen LogP contribution in [-0.4, -0.2) is 35.7 Å². The van der Waals surface area contributed by atoms with Gasteiger partial charge in [-0.2, -0.15) is 9.78 Å². The van der Waals surface area contributed by atoms with E-state index in [2.05, 4.69) is 16.2 Å². The number of hydrogen-bond acceptors (Lipinski definition) is 6. The average Bonchev–Trinajstić information content (AvgIpc) is 3.36. The highest BCUT2D eigenvalue weighted by Crippen LogP contribution is 2.27. The monoisotopic (exact) mass is 426 g/mol. The van der Waals surface area contributed by atoms with Crippen molar-refractivity contribution in [3.8, 4) is 6.07 Å². The fourth-order valence-electron chi connectivity index (χ4n) is 3.76. The van der Waals surface area contributed by atoms with Crippen molar-refractivity contribution in [3.63, 3.8) is 0 Å². The Hall–Kier alpha value is -3.70. The lowest BCUT2D eigenvalue weighted by molar-refractivity contribution is 0.102. The van der Waals surface area contributed by atoms with Crippen LogP contribution in [-0.2, 0) is 6.54 Å². The van der Waals surface area contributed by atoms with E-state index in [1.54, 1.807) is 4.52 Å². The molecule has 0 aliphatic rings. The van der Waals surface area contributed by atoms with Crippen LogP contribution in [0.15, 0.2) is 59.9 Å². The lowest BCUT2D eigenvalue weighted by atomic mass is 10.1. The molecule has 31 heavy (non-hydrogen) atoms. The number of aromatic nitrogens is 5. The molecule has 3 heterocycles. The summed E-state index contributed by atoms with van der Waals surface area (Å²) in [6.07, 6.45) is 2.25. The van der Waals surface area contributed by atoms with E-state index in [9.17, 15) is 4.79 Å². The predicted octanol–water partition coefficient (Wildman–Crippen LogP) is 4.43. The van der Waals surface area contributed by atoms with Gasteiger partial charge in [0, 0.05) is 34.6 Å². The molecule has 0 saturated heterocycles. The third kappa shape index (κ3) is 3.43. The first-order valence-corrected chi connectivity index (χ1v) is 10.9. The molecular formula is C23H18N6OS. The Balaban J connectivity index is 1.48. The molecule has 7 nitrogen and oxygen atoms in total. The van der Waals surface area contributed by atoms with Crippen molar-refractivity contribution in [3.05, 3.63) is 66.1 Å². The minimum Gasteiger partial charge on any atom is -0.346 e. The quantitative estimate of drug-likeness (QED) is 0.227. The smallest absolute Gasteiger partial charge is 0.192 e. The molecule has 0 atom stereocenters. The van der Waals surface area contributed by atoms with Crippen LogP contribution in [0.1, 0.15) is 22.6 Å². The van der Waals surface area contributed by atoms with Gasteiger partial charge in [-0.05, 0) is 25.1 Å². The number of carbonyl (C=O) groups excluding carboxylic acids is 1. The molecule has 0 saturated carbocycles. The van der Waals surface area contributed by atoms with Crippen LogP contribution in [0.25, 0.3) is 27.5 Å². The van der Waals surface area contributed by atoms with Gasteiger partial charge in [0.05, 0.1) is 23.8 Å². The number of nitrogens with zero attached hydrogens (tertiary/aromatic N) is 6. The number of ketones is 1. The Morgan fingerprint density at radius 1 is 1.10 bits per heavy atom. The molecule has 0 aliphatic heterocycles. The van der Waals surface area contributed by atoms with Crippen molar-refractivity contribution in [2.45, 2.75) is 25.0 Å². The zero-order valence-corrected chi connectivity index (χ0v) is 17.6. The first-order chi connectivity index (χ1) is 15.2. The molecule has 8 heteroatoms. The molecule has 3 aromatic heterocycles. The van der Waals surface area contributed by atoms with E-state index in [0.29, 0.717) is 29.5 Å². The molecule has 152 valence electrons. The Kier molecular flexibility index (Phi) is 4.88. The Bertz CT molecular complexity index is 1490. The molecule has 0 fully saturated rings. The van der Waals surface area contributed by atoms with Crippen molar-refractivity contribution < 1.29 is 4.79 Å². The third-order valence-corrected chi connectivity index (χ3v) is 6.07. The summed E-state index contributed by atoms with van der Waals surface area (Å²) in [6.45, 7) is 2.40. The maximum Gasteiger partial charge on any atom is 0.192 e. The number of Topliss-reactive ketones (excluding diaryl/α,β-unsaturated/α-hetero) is 1. The van der Waals surface area contributed by atoms with Crippen LogP contribution in [0.3, 0.4) is 0 Å². The summed E-state index contributed by atoms with van der Waals surface area (Å²) in [5, 5.41) is 15.9. The molecule has 5 aromatic rings. The second-order valence-corrected chi connectivity index (χ2v) is 8.12. The second kappa shape index (κ2) is 7.85. The standard InChI is InChI=1S/C23H18N6OS/c1-15-25-22-17-8-2-4-9-19(17)26-23(29(22)27-15)31-14-21(30)18-13-28(12-6-11-24)20-10-5-3-7-16(18)20/h2-5,7-10,13H,6,12,14H2,1H3. The number of hydrogen-bond donors (Lipinski definition) is 0. The van der Waals surface area contributed by atoms with Crippen molar-refractivity contribution in [1.29, 1.82) is 5.26 Å². The summed E-state index contributed by atoms with van der Waals surface area (Å²) in [7, 11) is 0. The van der Waals surface area contributed by atoms with Crippen molar-refractivity contribution in [1.82, 2.24) is 24.1 Å². The topological polar surface area (TPSA) is 88.9 Å². The van der Waals surface area contributed by atoms with Crippen LogP contribution < -0.4 is 0 Å². The first-order valence-electron chi connectivity index (χ1n) is 9.88. The molecule has 0 amide bonds.